The Morgan fingerprint density at radius 1 is 1.16 bits per heavy atom. The molecular formula is C22H16FN3O5S. The number of nitrogens with one attached hydrogen (secondary N) is 1. The quantitative estimate of drug-likeness (QED) is 0.458. The zero-order valence-corrected chi connectivity index (χ0v) is 17.6. The Bertz CT molecular complexity index is 1350. The molecule has 0 unspecified atom stereocenters. The number of esters is 1. The van der Waals surface area contributed by atoms with Gasteiger partial charge in [0.05, 0.1) is 11.4 Å². The fourth-order valence-corrected chi connectivity index (χ4v) is 4.36. The number of aryl methyl sites for hydroxylation is 1. The molecule has 10 heteroatoms. The molecule has 4 aromatic rings. The van der Waals surface area contributed by atoms with Crippen LogP contribution in [0, 0.1) is 12.7 Å². The van der Waals surface area contributed by atoms with Crippen LogP contribution >= 0.6 is 11.3 Å². The summed E-state index contributed by atoms with van der Waals surface area (Å²) in [6, 6.07) is 12.6. The van der Waals surface area contributed by atoms with E-state index in [1.807, 2.05) is 6.92 Å². The van der Waals surface area contributed by atoms with Gasteiger partial charge in [0.15, 0.2) is 18.1 Å². The Balaban J connectivity index is 1.27. The summed E-state index contributed by atoms with van der Waals surface area (Å²) < 4.78 is 30.6. The topological polar surface area (TPSA) is 91.7 Å². The molecule has 1 aliphatic rings. The Morgan fingerprint density at radius 2 is 1.94 bits per heavy atom. The highest BCUT2D eigenvalue weighted by molar-refractivity contribution is 7.20. The van der Waals surface area contributed by atoms with Gasteiger partial charge in [-0.25, -0.2) is 13.9 Å². The number of rotatable bonds is 5. The maximum Gasteiger partial charge on any atom is 0.348 e. The number of carbonyl (C=O) groups is 2. The van der Waals surface area contributed by atoms with Gasteiger partial charge >= 0.3 is 5.97 Å². The first-order valence-electron chi connectivity index (χ1n) is 9.60. The van der Waals surface area contributed by atoms with E-state index in [0.717, 1.165) is 15.9 Å². The highest BCUT2D eigenvalue weighted by Crippen LogP contribution is 2.34. The standard InChI is InChI=1S/C22H16FN3O5S/c1-12-16-9-19(32-21(16)26(25-12)15-5-2-13(23)3-6-15)22(28)29-10-20(27)24-14-4-7-17-18(8-14)31-11-30-17/h2-9H,10-11H2,1H3,(H,24,27). The lowest BCUT2D eigenvalue weighted by Crippen LogP contribution is -2.20. The molecule has 2 aromatic heterocycles. The summed E-state index contributed by atoms with van der Waals surface area (Å²) in [5, 5.41) is 7.90. The van der Waals surface area contributed by atoms with Crippen LogP contribution in [0.5, 0.6) is 11.5 Å². The van der Waals surface area contributed by atoms with Crippen LogP contribution in [0.1, 0.15) is 15.4 Å². The van der Waals surface area contributed by atoms with Crippen LogP contribution in [0.25, 0.3) is 15.9 Å². The summed E-state index contributed by atoms with van der Waals surface area (Å²) in [5.74, 6) is -0.295. The van der Waals surface area contributed by atoms with E-state index in [9.17, 15) is 14.0 Å². The summed E-state index contributed by atoms with van der Waals surface area (Å²) in [6.45, 7) is 1.52. The minimum absolute atomic E-state index is 0.137. The van der Waals surface area contributed by atoms with E-state index in [1.165, 1.54) is 23.5 Å². The zero-order valence-electron chi connectivity index (χ0n) is 16.8. The lowest BCUT2D eigenvalue weighted by atomic mass is 10.3. The van der Waals surface area contributed by atoms with Crippen LogP contribution in [0.3, 0.4) is 0 Å². The van der Waals surface area contributed by atoms with Gasteiger partial charge < -0.3 is 19.5 Å². The molecule has 32 heavy (non-hydrogen) atoms. The molecule has 0 saturated heterocycles. The lowest BCUT2D eigenvalue weighted by molar-refractivity contribution is -0.119. The van der Waals surface area contributed by atoms with Crippen LogP contribution < -0.4 is 14.8 Å². The van der Waals surface area contributed by atoms with Gasteiger partial charge in [-0.3, -0.25) is 4.79 Å². The second-order valence-electron chi connectivity index (χ2n) is 7.00. The molecule has 8 nitrogen and oxygen atoms in total. The summed E-state index contributed by atoms with van der Waals surface area (Å²) in [4.78, 5) is 25.8. The number of hydrogen-bond donors (Lipinski definition) is 1. The Hall–Kier alpha value is -3.92. The van der Waals surface area contributed by atoms with E-state index >= 15 is 0 Å². The van der Waals surface area contributed by atoms with Crippen LogP contribution in [0.2, 0.25) is 0 Å². The summed E-state index contributed by atoms with van der Waals surface area (Å²) in [7, 11) is 0. The molecule has 0 saturated carbocycles. The predicted molar refractivity (Wildman–Crippen MR) is 115 cm³/mol. The first kappa shape index (κ1) is 20.0. The number of hydrogen-bond acceptors (Lipinski definition) is 7. The molecular weight excluding hydrogens is 437 g/mol. The van der Waals surface area contributed by atoms with Gasteiger partial charge in [0.2, 0.25) is 6.79 Å². The lowest BCUT2D eigenvalue weighted by Gasteiger charge is -2.06. The fraction of sp³-hybridized carbons (Fsp3) is 0.136. The Kier molecular flexibility index (Phi) is 4.98. The van der Waals surface area contributed by atoms with Crippen molar-refractivity contribution in [1.29, 1.82) is 0 Å². The van der Waals surface area contributed by atoms with Crippen molar-refractivity contribution >= 4 is 39.1 Å². The minimum Gasteiger partial charge on any atom is -0.454 e. The number of nitrogens with zero attached hydrogens (tertiary/aromatic N) is 2. The molecule has 0 radical (unpaired) electrons. The van der Waals surface area contributed by atoms with Gasteiger partial charge in [0.25, 0.3) is 5.91 Å². The van der Waals surface area contributed by atoms with E-state index in [0.29, 0.717) is 27.8 Å². The summed E-state index contributed by atoms with van der Waals surface area (Å²) in [5.41, 5.74) is 1.90. The van der Waals surface area contributed by atoms with Crippen LogP contribution in [0.15, 0.2) is 48.5 Å². The van der Waals surface area contributed by atoms with Gasteiger partial charge in [-0.2, -0.15) is 5.10 Å². The van der Waals surface area contributed by atoms with Crippen molar-refractivity contribution in [2.45, 2.75) is 6.92 Å². The smallest absolute Gasteiger partial charge is 0.348 e. The SMILES string of the molecule is Cc1nn(-c2ccc(F)cc2)c2sc(C(=O)OCC(=O)Nc3ccc4c(c3)OCO4)cc12. The van der Waals surface area contributed by atoms with Crippen LogP contribution in [-0.2, 0) is 9.53 Å². The molecule has 162 valence electrons. The van der Waals surface area contributed by atoms with Crippen molar-refractivity contribution in [2.24, 2.45) is 0 Å². The number of fused-ring (bicyclic) bond motifs is 2. The molecule has 0 atom stereocenters. The van der Waals surface area contributed by atoms with E-state index in [1.54, 1.807) is 41.1 Å². The number of ether oxygens (including phenoxy) is 3. The van der Waals surface area contributed by atoms with Crippen molar-refractivity contribution in [3.8, 4) is 17.2 Å². The highest BCUT2D eigenvalue weighted by Gasteiger charge is 2.19. The van der Waals surface area contributed by atoms with Crippen molar-refractivity contribution in [2.75, 3.05) is 18.7 Å². The van der Waals surface area contributed by atoms with Crippen molar-refractivity contribution in [3.63, 3.8) is 0 Å². The van der Waals surface area contributed by atoms with E-state index in [4.69, 9.17) is 14.2 Å². The van der Waals surface area contributed by atoms with Gasteiger partial charge in [-0.1, -0.05) is 0 Å². The van der Waals surface area contributed by atoms with E-state index < -0.39 is 18.5 Å². The first-order chi connectivity index (χ1) is 15.5. The molecule has 1 N–H and O–H groups in total. The normalized spacial score (nSPS) is 12.2. The Labute approximate surface area is 185 Å². The van der Waals surface area contributed by atoms with Gasteiger partial charge in [-0.15, -0.1) is 11.3 Å². The number of aromatic nitrogens is 2. The van der Waals surface area contributed by atoms with Gasteiger partial charge in [0.1, 0.15) is 15.5 Å². The number of benzene rings is 2. The van der Waals surface area contributed by atoms with Crippen LogP contribution in [-0.4, -0.2) is 35.1 Å². The molecule has 1 amide bonds. The third-order valence-corrected chi connectivity index (χ3v) is 5.90. The predicted octanol–water partition coefficient (Wildman–Crippen LogP) is 4.06. The molecule has 3 heterocycles. The monoisotopic (exact) mass is 453 g/mol. The molecule has 0 bridgehead atoms. The average Bonchev–Trinajstić information content (AvgIpc) is 3.49. The minimum atomic E-state index is -0.614. The maximum absolute atomic E-state index is 13.2. The maximum atomic E-state index is 13.2. The summed E-state index contributed by atoms with van der Waals surface area (Å²) in [6.07, 6.45) is 0. The zero-order chi connectivity index (χ0) is 22.2. The fourth-order valence-electron chi connectivity index (χ4n) is 3.28. The second-order valence-corrected chi connectivity index (χ2v) is 8.03. The number of thiophene rings is 1. The number of carbonyl (C=O) groups excluding carboxylic acids is 2. The number of amides is 1. The first-order valence-corrected chi connectivity index (χ1v) is 10.4. The molecule has 0 fully saturated rings. The van der Waals surface area contributed by atoms with Gasteiger partial charge in [0, 0.05) is 17.1 Å². The summed E-state index contributed by atoms with van der Waals surface area (Å²) >= 11 is 1.19. The Morgan fingerprint density at radius 3 is 2.75 bits per heavy atom. The molecule has 5 rings (SSSR count). The molecule has 1 aliphatic heterocycles. The molecule has 0 spiro atoms. The second kappa shape index (κ2) is 7.97. The van der Waals surface area contributed by atoms with Crippen molar-refractivity contribution < 1.29 is 28.2 Å². The largest absolute Gasteiger partial charge is 0.454 e. The third kappa shape index (κ3) is 3.76. The van der Waals surface area contributed by atoms with E-state index in [2.05, 4.69) is 10.4 Å². The average molecular weight is 453 g/mol. The molecule has 2 aromatic carbocycles. The van der Waals surface area contributed by atoms with E-state index in [-0.39, 0.29) is 12.6 Å². The third-order valence-electron chi connectivity index (χ3n) is 4.81. The van der Waals surface area contributed by atoms with Crippen LogP contribution in [0.4, 0.5) is 10.1 Å². The highest BCUT2D eigenvalue weighted by atomic mass is 32.1. The number of halogens is 1. The van der Waals surface area contributed by atoms with Crippen molar-refractivity contribution in [1.82, 2.24) is 9.78 Å². The number of anilines is 1. The van der Waals surface area contributed by atoms with Crippen molar-refractivity contribution in [3.05, 3.63) is 64.9 Å². The van der Waals surface area contributed by atoms with Gasteiger partial charge in [-0.05, 0) is 49.4 Å². The molecule has 0 aliphatic carbocycles.